The fourth-order valence-electron chi connectivity index (χ4n) is 4.26. The molecule has 7 heteroatoms. The highest BCUT2D eigenvalue weighted by Crippen LogP contribution is 2.55. The number of methoxy groups -OCH3 is 2. The van der Waals surface area contributed by atoms with Gasteiger partial charge in [-0.15, -0.1) is 0 Å². The van der Waals surface area contributed by atoms with Gasteiger partial charge in [0.2, 0.25) is 0 Å². The first kappa shape index (κ1) is 17.2. The topological polar surface area (TPSA) is 62.2 Å². The molecule has 0 aromatic heterocycles. The first-order valence-corrected chi connectivity index (χ1v) is 7.88. The Hall–Kier alpha value is -1.59. The van der Waals surface area contributed by atoms with E-state index in [9.17, 15) is 10.2 Å². The number of hydrogen-bond donors (Lipinski definition) is 2. The van der Waals surface area contributed by atoms with Gasteiger partial charge in [0.1, 0.15) is 11.9 Å². The van der Waals surface area contributed by atoms with E-state index in [1.54, 1.807) is 20.3 Å². The molecule has 0 saturated carbocycles. The maximum absolute atomic E-state index is 10.3. The van der Waals surface area contributed by atoms with E-state index in [2.05, 4.69) is 0 Å². The van der Waals surface area contributed by atoms with Gasteiger partial charge in [0, 0.05) is 11.5 Å². The molecule has 3 rings (SSSR count). The Labute approximate surface area is 145 Å². The van der Waals surface area contributed by atoms with Crippen LogP contribution in [-0.2, 0) is 5.41 Å². The summed E-state index contributed by atoms with van der Waals surface area (Å²) in [6, 6.07) is 5.25. The van der Waals surface area contributed by atoms with Crippen molar-refractivity contribution in [3.63, 3.8) is 0 Å². The van der Waals surface area contributed by atoms with Gasteiger partial charge in [-0.1, -0.05) is 11.3 Å². The summed E-state index contributed by atoms with van der Waals surface area (Å²) in [5, 5.41) is 19.1. The van der Waals surface area contributed by atoms with E-state index in [0.717, 1.165) is 18.5 Å². The van der Waals surface area contributed by atoms with Crippen molar-refractivity contribution in [1.29, 1.82) is 0 Å². The van der Waals surface area contributed by atoms with Crippen molar-refractivity contribution >= 4 is 15.7 Å². The molecule has 1 saturated heterocycles. The lowest BCUT2D eigenvalue weighted by Gasteiger charge is -2.51. The predicted molar refractivity (Wildman–Crippen MR) is 93.2 cm³/mol. The predicted octanol–water partition coefficient (Wildman–Crippen LogP) is 0.915. The minimum atomic E-state index is -1.47. The molecule has 1 aromatic carbocycles. The average Bonchev–Trinajstić information content (AvgIpc) is 2.90. The summed E-state index contributed by atoms with van der Waals surface area (Å²) < 4.78 is 10.7. The second-order valence-corrected chi connectivity index (χ2v) is 6.72. The Bertz CT molecular complexity index is 679. The van der Waals surface area contributed by atoms with Crippen molar-refractivity contribution in [2.24, 2.45) is 0 Å². The van der Waals surface area contributed by atoms with E-state index in [1.165, 1.54) is 0 Å². The number of hydrogen-bond acceptors (Lipinski definition) is 5. The van der Waals surface area contributed by atoms with Crippen molar-refractivity contribution in [3.8, 4) is 11.5 Å². The van der Waals surface area contributed by atoms with Crippen LogP contribution in [0.15, 0.2) is 30.0 Å². The Morgan fingerprint density at radius 3 is 2.50 bits per heavy atom. The quantitative estimate of drug-likeness (QED) is 0.809. The molecule has 4 radical (unpaired) electrons. The van der Waals surface area contributed by atoms with Crippen LogP contribution in [0.2, 0.25) is 5.21 Å². The molecule has 1 aromatic rings. The summed E-state index contributed by atoms with van der Waals surface area (Å²) in [5.41, 5.74) is 0.300. The zero-order chi connectivity index (χ0) is 17.7. The van der Waals surface area contributed by atoms with Gasteiger partial charge in [-0.3, -0.25) is 0 Å². The van der Waals surface area contributed by atoms with Crippen LogP contribution in [0.3, 0.4) is 0 Å². The number of nitrogens with zero attached hydrogens (tertiary/aromatic N) is 1. The molecule has 124 valence electrons. The van der Waals surface area contributed by atoms with Crippen LogP contribution in [0.4, 0.5) is 0 Å². The molecule has 0 spiro atoms. The highest BCUT2D eigenvalue weighted by Gasteiger charge is 2.57. The minimum Gasteiger partial charge on any atom is -0.510 e. The van der Waals surface area contributed by atoms with Crippen LogP contribution in [0.25, 0.3) is 0 Å². The summed E-state index contributed by atoms with van der Waals surface area (Å²) in [6.45, 7) is 0.742. The molecular weight excluding hydrogens is 304 g/mol. The molecule has 5 nitrogen and oxygen atoms in total. The van der Waals surface area contributed by atoms with Gasteiger partial charge in [0.25, 0.3) is 0 Å². The van der Waals surface area contributed by atoms with Gasteiger partial charge in [0.15, 0.2) is 11.5 Å². The summed E-state index contributed by atoms with van der Waals surface area (Å²) in [6.07, 6.45) is 1.10. The van der Waals surface area contributed by atoms with Crippen LogP contribution in [-0.4, -0.2) is 70.8 Å². The Morgan fingerprint density at radius 1 is 1.21 bits per heavy atom. The smallest absolute Gasteiger partial charge is 0.161 e. The zero-order valence-electron chi connectivity index (χ0n) is 14.2. The van der Waals surface area contributed by atoms with Crippen molar-refractivity contribution < 1.29 is 19.7 Å². The summed E-state index contributed by atoms with van der Waals surface area (Å²) in [5.74, 6) is 1.02. The number of ether oxygens (including phenoxy) is 2. The summed E-state index contributed by atoms with van der Waals surface area (Å²) in [7, 11) is 17.6. The molecule has 24 heavy (non-hydrogen) atoms. The Morgan fingerprint density at radius 2 is 1.88 bits per heavy atom. The molecule has 2 unspecified atom stereocenters. The van der Waals surface area contributed by atoms with Crippen LogP contribution >= 0.6 is 0 Å². The van der Waals surface area contributed by atoms with E-state index < -0.39 is 16.7 Å². The second kappa shape index (κ2) is 5.74. The lowest BCUT2D eigenvalue weighted by molar-refractivity contribution is 0.0724. The van der Waals surface area contributed by atoms with E-state index in [0.29, 0.717) is 11.5 Å². The number of rotatable bonds is 3. The lowest BCUT2D eigenvalue weighted by atomic mass is 9.41. The molecule has 1 fully saturated rings. The highest BCUT2D eigenvalue weighted by atomic mass is 16.5. The Balaban J connectivity index is 2.20. The van der Waals surface area contributed by atoms with Crippen LogP contribution < -0.4 is 9.47 Å². The second-order valence-electron chi connectivity index (χ2n) is 6.72. The largest absolute Gasteiger partial charge is 0.510 e. The van der Waals surface area contributed by atoms with Crippen molar-refractivity contribution in [2.45, 2.75) is 29.2 Å². The molecule has 2 aliphatic rings. The monoisotopic (exact) mass is 325 g/mol. The molecule has 2 N–H and O–H groups in total. The standard InChI is InChI=1S/C17H21B2NO4/c1-20-7-6-16(9-11(21)14(22)17(18,19)15(16)20)10-4-5-12(23-2)13(8-10)24-3/h4-5,8-9,14-15,21-22H,6-7H2,1-3H3/t14?,15?,16-/m1/s1. The fraction of sp³-hybridized carbons (Fsp3) is 0.529. The van der Waals surface area contributed by atoms with Gasteiger partial charge in [-0.25, -0.2) is 0 Å². The molecule has 0 amide bonds. The first-order valence-electron chi connectivity index (χ1n) is 7.88. The van der Waals surface area contributed by atoms with Crippen molar-refractivity contribution in [3.05, 3.63) is 35.6 Å². The number of benzene rings is 1. The zero-order valence-corrected chi connectivity index (χ0v) is 14.2. The van der Waals surface area contributed by atoms with Gasteiger partial charge in [-0.2, -0.15) is 0 Å². The van der Waals surface area contributed by atoms with E-state index in [1.807, 2.05) is 30.1 Å². The summed E-state index contributed by atoms with van der Waals surface area (Å²) >= 11 is 0. The van der Waals surface area contributed by atoms with Gasteiger partial charge >= 0.3 is 0 Å². The molecule has 1 aliphatic heterocycles. The third kappa shape index (κ3) is 2.25. The highest BCUT2D eigenvalue weighted by molar-refractivity contribution is 6.41. The molecule has 1 heterocycles. The van der Waals surface area contributed by atoms with Gasteiger partial charge in [0.05, 0.1) is 29.9 Å². The SMILES string of the molecule is [B]C1([B])C(O)C(O)=C[C@@]2(c3ccc(OC)c(OC)c3)CCN(C)C12. The molecular formula is C17H21B2NO4. The maximum atomic E-state index is 10.3. The maximum Gasteiger partial charge on any atom is 0.161 e. The van der Waals surface area contributed by atoms with Crippen LogP contribution in [0.5, 0.6) is 11.5 Å². The lowest BCUT2D eigenvalue weighted by Crippen LogP contribution is -2.57. The normalized spacial score (nSPS) is 32.1. The Kier molecular flexibility index (Phi) is 4.12. The number of likely N-dealkylation sites (N-methyl/N-ethyl adjacent to an activating group) is 1. The van der Waals surface area contributed by atoms with Gasteiger partial charge in [-0.05, 0) is 43.8 Å². The van der Waals surface area contributed by atoms with E-state index >= 15 is 0 Å². The van der Waals surface area contributed by atoms with Crippen molar-refractivity contribution in [2.75, 3.05) is 27.8 Å². The van der Waals surface area contributed by atoms with Gasteiger partial charge < -0.3 is 24.6 Å². The van der Waals surface area contributed by atoms with Crippen LogP contribution in [0, 0.1) is 0 Å². The number of aliphatic hydroxyl groups excluding tert-OH is 2. The first-order chi connectivity index (χ1) is 11.3. The molecule has 1 aliphatic carbocycles. The fourth-order valence-corrected chi connectivity index (χ4v) is 4.26. The minimum absolute atomic E-state index is 0.193. The van der Waals surface area contributed by atoms with Crippen molar-refractivity contribution in [1.82, 2.24) is 4.90 Å². The van der Waals surface area contributed by atoms with E-state index in [-0.39, 0.29) is 11.8 Å². The third-order valence-corrected chi connectivity index (χ3v) is 5.36. The van der Waals surface area contributed by atoms with Crippen LogP contribution in [0.1, 0.15) is 12.0 Å². The third-order valence-electron chi connectivity index (χ3n) is 5.36. The number of aliphatic hydroxyl groups is 2. The van der Waals surface area contributed by atoms with E-state index in [4.69, 9.17) is 25.2 Å². The summed E-state index contributed by atoms with van der Waals surface area (Å²) in [4.78, 5) is 2.03. The number of likely N-dealkylation sites (tertiary alicyclic amines) is 1. The molecule has 0 bridgehead atoms. The molecule has 3 atom stereocenters. The number of fused-ring (bicyclic) bond motifs is 1. The average molecular weight is 325 g/mol.